The molecular formula is C12H19N3O2. The summed E-state index contributed by atoms with van der Waals surface area (Å²) >= 11 is 0. The van der Waals surface area contributed by atoms with Gasteiger partial charge < -0.3 is 15.0 Å². The van der Waals surface area contributed by atoms with Gasteiger partial charge in [-0.1, -0.05) is 0 Å². The van der Waals surface area contributed by atoms with Gasteiger partial charge in [-0.3, -0.25) is 4.79 Å². The second-order valence-electron chi connectivity index (χ2n) is 4.46. The normalized spacial score (nSPS) is 18.9. The molecule has 0 fully saturated rings. The van der Waals surface area contributed by atoms with Gasteiger partial charge in [0, 0.05) is 25.2 Å². The van der Waals surface area contributed by atoms with E-state index in [2.05, 4.69) is 9.55 Å². The Kier molecular flexibility index (Phi) is 3.47. The fourth-order valence-electron chi connectivity index (χ4n) is 2.55. The third kappa shape index (κ3) is 2.20. The van der Waals surface area contributed by atoms with E-state index in [1.165, 1.54) is 12.8 Å². The number of nitrogens with zero attached hydrogens (tertiary/aromatic N) is 2. The Morgan fingerprint density at radius 3 is 3.06 bits per heavy atom. The average molecular weight is 237 g/mol. The topological polar surface area (TPSA) is 70.1 Å². The lowest BCUT2D eigenvalue weighted by Crippen LogP contribution is -2.25. The summed E-state index contributed by atoms with van der Waals surface area (Å²) in [6.07, 6.45) is 2.42. The highest BCUT2D eigenvalue weighted by Gasteiger charge is 2.29. The predicted molar refractivity (Wildman–Crippen MR) is 63.5 cm³/mol. The number of aromatic nitrogens is 2. The zero-order valence-electron chi connectivity index (χ0n) is 10.4. The number of ether oxygens (including phenoxy) is 1. The van der Waals surface area contributed by atoms with Crippen LogP contribution in [0.1, 0.15) is 23.6 Å². The maximum Gasteiger partial charge on any atom is 0.309 e. The highest BCUT2D eigenvalue weighted by Crippen LogP contribution is 2.26. The van der Waals surface area contributed by atoms with Crippen molar-refractivity contribution in [3.8, 4) is 0 Å². The number of esters is 1. The first kappa shape index (κ1) is 12.1. The molecule has 17 heavy (non-hydrogen) atoms. The van der Waals surface area contributed by atoms with Gasteiger partial charge in [0.15, 0.2) is 0 Å². The van der Waals surface area contributed by atoms with E-state index in [4.69, 9.17) is 10.5 Å². The van der Waals surface area contributed by atoms with Gasteiger partial charge in [0.2, 0.25) is 0 Å². The van der Waals surface area contributed by atoms with Crippen LogP contribution in [0.5, 0.6) is 0 Å². The molecule has 0 saturated carbocycles. The van der Waals surface area contributed by atoms with Gasteiger partial charge in [-0.25, -0.2) is 4.98 Å². The number of carbonyl (C=O) groups excluding carboxylic acids is 1. The molecule has 0 amide bonds. The van der Waals surface area contributed by atoms with E-state index in [1.54, 1.807) is 0 Å². The van der Waals surface area contributed by atoms with Crippen LogP contribution in [0.4, 0.5) is 0 Å². The van der Waals surface area contributed by atoms with Crippen molar-refractivity contribution in [3.05, 3.63) is 17.2 Å². The molecule has 1 unspecified atom stereocenters. The minimum absolute atomic E-state index is 0.0341. The molecule has 0 bridgehead atoms. The maximum absolute atomic E-state index is 11.5. The second kappa shape index (κ2) is 4.87. The molecule has 0 spiro atoms. The summed E-state index contributed by atoms with van der Waals surface area (Å²) in [6.45, 7) is 3.41. The van der Waals surface area contributed by atoms with E-state index in [1.807, 2.05) is 6.92 Å². The van der Waals surface area contributed by atoms with Gasteiger partial charge in [0.05, 0.1) is 18.7 Å². The predicted octanol–water partition coefficient (Wildman–Crippen LogP) is 0.428. The van der Waals surface area contributed by atoms with E-state index in [0.717, 1.165) is 30.9 Å². The summed E-state index contributed by atoms with van der Waals surface area (Å²) in [5.41, 5.74) is 7.88. The van der Waals surface area contributed by atoms with Crippen molar-refractivity contribution in [1.29, 1.82) is 0 Å². The first-order valence-corrected chi connectivity index (χ1v) is 6.00. The molecule has 94 valence electrons. The molecule has 2 N–H and O–H groups in total. The first-order valence-electron chi connectivity index (χ1n) is 6.00. The van der Waals surface area contributed by atoms with Gasteiger partial charge in [-0.15, -0.1) is 0 Å². The Balaban J connectivity index is 2.22. The summed E-state index contributed by atoms with van der Waals surface area (Å²) in [6, 6.07) is 0. The van der Waals surface area contributed by atoms with Crippen LogP contribution >= 0.6 is 0 Å². The number of imidazole rings is 1. The number of carbonyl (C=O) groups is 1. The first-order chi connectivity index (χ1) is 8.17. The van der Waals surface area contributed by atoms with Crippen LogP contribution in [0.3, 0.4) is 0 Å². The van der Waals surface area contributed by atoms with Crippen molar-refractivity contribution in [2.24, 2.45) is 11.7 Å². The summed E-state index contributed by atoms with van der Waals surface area (Å²) in [5.74, 6) is 0.834. The lowest BCUT2D eigenvalue weighted by atomic mass is 9.90. The Labute approximate surface area is 101 Å². The number of methoxy groups -OCH3 is 1. The summed E-state index contributed by atoms with van der Waals surface area (Å²) in [4.78, 5) is 16.1. The smallest absolute Gasteiger partial charge is 0.309 e. The van der Waals surface area contributed by atoms with Crippen LogP contribution in [-0.2, 0) is 28.9 Å². The van der Waals surface area contributed by atoms with Gasteiger partial charge in [-0.2, -0.15) is 0 Å². The van der Waals surface area contributed by atoms with Crippen molar-refractivity contribution in [2.75, 3.05) is 13.7 Å². The molecule has 5 heteroatoms. The lowest BCUT2D eigenvalue weighted by molar-refractivity contribution is -0.145. The minimum atomic E-state index is -0.123. The van der Waals surface area contributed by atoms with E-state index < -0.39 is 0 Å². The average Bonchev–Trinajstić information content (AvgIpc) is 2.64. The molecule has 1 aromatic heterocycles. The van der Waals surface area contributed by atoms with Crippen LogP contribution in [0.2, 0.25) is 0 Å². The number of fused-ring (bicyclic) bond motifs is 1. The highest BCUT2D eigenvalue weighted by molar-refractivity contribution is 5.73. The number of hydrogen-bond acceptors (Lipinski definition) is 4. The number of nitrogens with two attached hydrogens (primary N) is 1. The third-order valence-corrected chi connectivity index (χ3v) is 3.40. The Morgan fingerprint density at radius 2 is 2.41 bits per heavy atom. The van der Waals surface area contributed by atoms with E-state index in [9.17, 15) is 4.79 Å². The van der Waals surface area contributed by atoms with E-state index in [0.29, 0.717) is 13.0 Å². The van der Waals surface area contributed by atoms with Crippen molar-refractivity contribution >= 4 is 5.97 Å². The number of rotatable bonds is 3. The quantitative estimate of drug-likeness (QED) is 0.774. The van der Waals surface area contributed by atoms with Crippen molar-refractivity contribution < 1.29 is 9.53 Å². The summed E-state index contributed by atoms with van der Waals surface area (Å²) in [7, 11) is 1.44. The van der Waals surface area contributed by atoms with E-state index >= 15 is 0 Å². The fourth-order valence-corrected chi connectivity index (χ4v) is 2.55. The van der Waals surface area contributed by atoms with Gasteiger partial charge in [0.1, 0.15) is 5.82 Å². The summed E-state index contributed by atoms with van der Waals surface area (Å²) < 4.78 is 6.97. The van der Waals surface area contributed by atoms with Gasteiger partial charge >= 0.3 is 5.97 Å². The van der Waals surface area contributed by atoms with Crippen molar-refractivity contribution in [1.82, 2.24) is 9.55 Å². The molecule has 0 saturated heterocycles. The summed E-state index contributed by atoms with van der Waals surface area (Å²) in [5, 5.41) is 0. The van der Waals surface area contributed by atoms with E-state index in [-0.39, 0.29) is 11.9 Å². The zero-order chi connectivity index (χ0) is 12.4. The second-order valence-corrected chi connectivity index (χ2v) is 4.46. The lowest BCUT2D eigenvalue weighted by Gasteiger charge is -2.20. The van der Waals surface area contributed by atoms with Crippen molar-refractivity contribution in [3.63, 3.8) is 0 Å². The molecule has 1 atom stereocenters. The molecular weight excluding hydrogens is 218 g/mol. The molecule has 0 radical (unpaired) electrons. The number of aryl methyl sites for hydroxylation is 1. The van der Waals surface area contributed by atoms with Crippen LogP contribution in [0.15, 0.2) is 0 Å². The van der Waals surface area contributed by atoms with Gasteiger partial charge in [0.25, 0.3) is 0 Å². The minimum Gasteiger partial charge on any atom is -0.469 e. The zero-order valence-corrected chi connectivity index (χ0v) is 10.4. The molecule has 1 aliphatic rings. The molecule has 2 rings (SSSR count). The van der Waals surface area contributed by atoms with Gasteiger partial charge in [-0.05, 0) is 19.8 Å². The largest absolute Gasteiger partial charge is 0.469 e. The van der Waals surface area contributed by atoms with Crippen LogP contribution in [-0.4, -0.2) is 29.2 Å². The monoisotopic (exact) mass is 237 g/mol. The molecule has 5 nitrogen and oxygen atoms in total. The van der Waals surface area contributed by atoms with Crippen LogP contribution < -0.4 is 5.73 Å². The molecule has 1 aromatic rings. The standard InChI is InChI=1S/C12H19N3O2/c1-8-14-10-7-9(12(16)17-2)3-4-11(10)15(8)6-5-13/h9H,3-7,13H2,1-2H3. The third-order valence-electron chi connectivity index (χ3n) is 3.40. The number of hydrogen-bond donors (Lipinski definition) is 1. The Morgan fingerprint density at radius 1 is 1.65 bits per heavy atom. The maximum atomic E-state index is 11.5. The molecule has 0 aliphatic heterocycles. The Bertz CT molecular complexity index is 426. The molecule has 1 aliphatic carbocycles. The van der Waals surface area contributed by atoms with Crippen molar-refractivity contribution in [2.45, 2.75) is 32.7 Å². The molecule has 1 heterocycles. The highest BCUT2D eigenvalue weighted by atomic mass is 16.5. The Hall–Kier alpha value is -1.36. The van der Waals surface area contributed by atoms with Crippen LogP contribution in [0.25, 0.3) is 0 Å². The fraction of sp³-hybridized carbons (Fsp3) is 0.667. The van der Waals surface area contributed by atoms with Crippen LogP contribution in [0, 0.1) is 12.8 Å². The SMILES string of the molecule is COC(=O)C1CCc2c(nc(C)n2CCN)C1. The molecule has 0 aromatic carbocycles.